The number of benzene rings is 1. The molecule has 0 spiro atoms. The highest BCUT2D eigenvalue weighted by molar-refractivity contribution is 7.16. The summed E-state index contributed by atoms with van der Waals surface area (Å²) in [5, 5.41) is 6.48. The van der Waals surface area contributed by atoms with Gasteiger partial charge in [-0.15, -0.1) is 22.7 Å². The number of anilines is 1. The van der Waals surface area contributed by atoms with Crippen LogP contribution in [0.15, 0.2) is 29.6 Å². The van der Waals surface area contributed by atoms with Crippen LogP contribution in [-0.2, 0) is 24.1 Å². The number of ether oxygens (including phenoxy) is 1. The summed E-state index contributed by atoms with van der Waals surface area (Å²) in [5.74, 6) is 0.749. The molecule has 26 heavy (non-hydrogen) atoms. The van der Waals surface area contributed by atoms with Gasteiger partial charge in [0.1, 0.15) is 10.8 Å². The van der Waals surface area contributed by atoms with Crippen LogP contribution in [0.25, 0.3) is 10.6 Å². The van der Waals surface area contributed by atoms with Crippen molar-refractivity contribution in [1.82, 2.24) is 9.97 Å². The molecule has 1 aromatic carbocycles. The average Bonchev–Trinajstić information content (AvgIpc) is 3.28. The normalized spacial score (nSPS) is 13.3. The average molecular weight is 386 g/mol. The van der Waals surface area contributed by atoms with E-state index in [-0.39, 0.29) is 12.3 Å². The highest BCUT2D eigenvalue weighted by Crippen LogP contribution is 2.30. The largest absolute Gasteiger partial charge is 0.497 e. The van der Waals surface area contributed by atoms with E-state index in [4.69, 9.17) is 4.74 Å². The second kappa shape index (κ2) is 7.55. The molecule has 1 aliphatic rings. The van der Waals surface area contributed by atoms with E-state index in [1.54, 1.807) is 29.8 Å². The second-order valence-corrected chi connectivity index (χ2v) is 8.14. The van der Waals surface area contributed by atoms with Crippen molar-refractivity contribution in [3.05, 3.63) is 45.9 Å². The van der Waals surface area contributed by atoms with E-state index < -0.39 is 0 Å². The van der Waals surface area contributed by atoms with Gasteiger partial charge in [0.05, 0.1) is 24.9 Å². The van der Waals surface area contributed by atoms with Crippen molar-refractivity contribution in [1.29, 1.82) is 0 Å². The van der Waals surface area contributed by atoms with Crippen molar-refractivity contribution in [2.75, 3.05) is 12.4 Å². The fourth-order valence-corrected chi connectivity index (χ4v) is 4.88. The molecule has 0 fully saturated rings. The van der Waals surface area contributed by atoms with Gasteiger partial charge in [-0.25, -0.2) is 9.97 Å². The molecule has 0 saturated heterocycles. The Morgan fingerprint density at radius 3 is 2.77 bits per heavy atom. The lowest BCUT2D eigenvalue weighted by molar-refractivity contribution is -0.115. The first kappa shape index (κ1) is 17.2. The molecule has 0 unspecified atom stereocenters. The second-order valence-electron chi connectivity index (χ2n) is 6.19. The highest BCUT2D eigenvalue weighted by atomic mass is 32.1. The first-order valence-corrected chi connectivity index (χ1v) is 10.3. The molecule has 0 atom stereocenters. The third-order valence-electron chi connectivity index (χ3n) is 4.32. The molecule has 5 nitrogen and oxygen atoms in total. The van der Waals surface area contributed by atoms with Crippen molar-refractivity contribution in [2.24, 2.45) is 0 Å². The predicted octanol–water partition coefficient (Wildman–Crippen LogP) is 4.34. The van der Waals surface area contributed by atoms with Crippen LogP contribution in [0.3, 0.4) is 0 Å². The Hall–Kier alpha value is -2.25. The summed E-state index contributed by atoms with van der Waals surface area (Å²) in [6, 6.07) is 7.77. The Labute approximate surface area is 160 Å². The molecule has 2 aromatic heterocycles. The Morgan fingerprint density at radius 1 is 1.19 bits per heavy atom. The predicted molar refractivity (Wildman–Crippen MR) is 105 cm³/mol. The van der Waals surface area contributed by atoms with Crippen LogP contribution in [-0.4, -0.2) is 23.0 Å². The zero-order valence-corrected chi connectivity index (χ0v) is 16.1. The first-order chi connectivity index (χ1) is 12.7. The molecule has 0 saturated carbocycles. The maximum Gasteiger partial charge on any atom is 0.232 e. The Kier molecular flexibility index (Phi) is 4.99. The summed E-state index contributed by atoms with van der Waals surface area (Å²) in [6.07, 6.45) is 4.78. The lowest BCUT2D eigenvalue weighted by atomic mass is 10.0. The molecule has 0 radical (unpaired) electrons. The molecule has 1 aliphatic carbocycles. The van der Waals surface area contributed by atoms with Crippen molar-refractivity contribution >= 4 is 33.7 Å². The summed E-state index contributed by atoms with van der Waals surface area (Å²) >= 11 is 3.15. The number of hydrogen-bond acceptors (Lipinski definition) is 6. The lowest BCUT2D eigenvalue weighted by Gasteiger charge is -2.06. The summed E-state index contributed by atoms with van der Waals surface area (Å²) in [7, 11) is 1.65. The minimum atomic E-state index is -0.0670. The number of aryl methyl sites for hydroxylation is 2. The van der Waals surface area contributed by atoms with Crippen molar-refractivity contribution in [3.63, 3.8) is 0 Å². The van der Waals surface area contributed by atoms with Gasteiger partial charge < -0.3 is 10.1 Å². The SMILES string of the molecule is COc1ccc(-c2nc(CC(=O)Nc3nc4c(s3)CCCC4)cs2)cc1. The van der Waals surface area contributed by atoms with E-state index in [0.29, 0.717) is 5.13 Å². The Morgan fingerprint density at radius 2 is 2.00 bits per heavy atom. The highest BCUT2D eigenvalue weighted by Gasteiger charge is 2.17. The summed E-state index contributed by atoms with van der Waals surface area (Å²) in [4.78, 5) is 22.8. The maximum absolute atomic E-state index is 12.3. The third-order valence-corrected chi connectivity index (χ3v) is 6.34. The number of thiazole rings is 2. The van der Waals surface area contributed by atoms with E-state index in [1.165, 1.54) is 17.7 Å². The Balaban J connectivity index is 1.40. The number of rotatable bonds is 5. The van der Waals surface area contributed by atoms with Gasteiger partial charge in [0.15, 0.2) is 5.13 Å². The first-order valence-electron chi connectivity index (χ1n) is 8.58. The molecule has 2 heterocycles. The quantitative estimate of drug-likeness (QED) is 0.710. The maximum atomic E-state index is 12.3. The fraction of sp³-hybridized carbons (Fsp3) is 0.316. The van der Waals surface area contributed by atoms with Gasteiger partial charge in [-0.05, 0) is 49.9 Å². The number of nitrogens with one attached hydrogen (secondary N) is 1. The number of amides is 1. The van der Waals surface area contributed by atoms with Crippen molar-refractivity contribution in [3.8, 4) is 16.3 Å². The van der Waals surface area contributed by atoms with Crippen LogP contribution in [0, 0.1) is 0 Å². The Bertz CT molecular complexity index is 892. The van der Waals surface area contributed by atoms with Gasteiger partial charge in [0.2, 0.25) is 5.91 Å². The number of methoxy groups -OCH3 is 1. The van der Waals surface area contributed by atoms with E-state index in [9.17, 15) is 4.79 Å². The van der Waals surface area contributed by atoms with Gasteiger partial charge in [0.25, 0.3) is 0 Å². The van der Waals surface area contributed by atoms with E-state index in [0.717, 1.165) is 40.6 Å². The molecule has 0 bridgehead atoms. The van der Waals surface area contributed by atoms with Crippen LogP contribution in [0.1, 0.15) is 29.1 Å². The number of fused-ring (bicyclic) bond motifs is 1. The van der Waals surface area contributed by atoms with E-state index in [1.807, 2.05) is 29.6 Å². The lowest BCUT2D eigenvalue weighted by Crippen LogP contribution is -2.14. The molecule has 3 aromatic rings. The molecule has 134 valence electrons. The van der Waals surface area contributed by atoms with Crippen LogP contribution in [0.5, 0.6) is 5.75 Å². The van der Waals surface area contributed by atoms with Crippen molar-refractivity contribution in [2.45, 2.75) is 32.1 Å². The van der Waals surface area contributed by atoms with Crippen LogP contribution < -0.4 is 10.1 Å². The molecular weight excluding hydrogens is 366 g/mol. The van der Waals surface area contributed by atoms with Gasteiger partial charge in [-0.2, -0.15) is 0 Å². The summed E-state index contributed by atoms with van der Waals surface area (Å²) in [6.45, 7) is 0. The number of nitrogens with zero attached hydrogens (tertiary/aromatic N) is 2. The molecule has 1 N–H and O–H groups in total. The van der Waals surface area contributed by atoms with Gasteiger partial charge in [-0.1, -0.05) is 0 Å². The minimum absolute atomic E-state index is 0.0670. The van der Waals surface area contributed by atoms with Gasteiger partial charge in [-0.3, -0.25) is 4.79 Å². The molecule has 0 aliphatic heterocycles. The van der Waals surface area contributed by atoms with Crippen LogP contribution >= 0.6 is 22.7 Å². The molecule has 1 amide bonds. The number of aromatic nitrogens is 2. The third kappa shape index (κ3) is 3.78. The zero-order chi connectivity index (χ0) is 17.9. The van der Waals surface area contributed by atoms with Gasteiger partial charge in [0, 0.05) is 15.8 Å². The number of carbonyl (C=O) groups excluding carboxylic acids is 1. The number of hydrogen-bond donors (Lipinski definition) is 1. The topological polar surface area (TPSA) is 64.1 Å². The molecule has 4 rings (SSSR count). The van der Waals surface area contributed by atoms with Crippen LogP contribution in [0.4, 0.5) is 5.13 Å². The minimum Gasteiger partial charge on any atom is -0.497 e. The van der Waals surface area contributed by atoms with Gasteiger partial charge >= 0.3 is 0 Å². The number of carbonyl (C=O) groups is 1. The van der Waals surface area contributed by atoms with Crippen LogP contribution in [0.2, 0.25) is 0 Å². The molecule has 7 heteroatoms. The van der Waals surface area contributed by atoms with Crippen molar-refractivity contribution < 1.29 is 9.53 Å². The standard InChI is InChI=1S/C19H19N3O2S2/c1-24-14-8-6-12(7-9-14)18-20-13(11-25-18)10-17(23)22-19-21-15-4-2-3-5-16(15)26-19/h6-9,11H,2-5,10H2,1H3,(H,21,22,23). The smallest absolute Gasteiger partial charge is 0.232 e. The fourth-order valence-electron chi connectivity index (χ4n) is 2.99. The van der Waals surface area contributed by atoms with E-state index >= 15 is 0 Å². The summed E-state index contributed by atoms with van der Waals surface area (Å²) in [5.41, 5.74) is 2.96. The van der Waals surface area contributed by atoms with E-state index in [2.05, 4.69) is 15.3 Å². The molecular formula is C19H19N3O2S2. The summed E-state index contributed by atoms with van der Waals surface area (Å²) < 4.78 is 5.17. The zero-order valence-electron chi connectivity index (χ0n) is 14.4. The monoisotopic (exact) mass is 385 g/mol.